The fourth-order valence-electron chi connectivity index (χ4n) is 1.94. The van der Waals surface area contributed by atoms with E-state index < -0.39 is 5.97 Å². The molecule has 0 saturated carbocycles. The summed E-state index contributed by atoms with van der Waals surface area (Å²) in [6.07, 6.45) is 2.99. The minimum absolute atomic E-state index is 0.326. The Hall–Kier alpha value is -1.07. The largest absolute Gasteiger partial charge is 0.478 e. The van der Waals surface area contributed by atoms with E-state index in [0.717, 1.165) is 36.3 Å². The van der Waals surface area contributed by atoms with Crippen LogP contribution in [-0.4, -0.2) is 35.5 Å². The maximum Gasteiger partial charge on any atom is 0.338 e. The lowest BCUT2D eigenvalue weighted by molar-refractivity contribution is 0.0692. The van der Waals surface area contributed by atoms with E-state index in [-0.39, 0.29) is 0 Å². The minimum atomic E-state index is -0.896. The summed E-state index contributed by atoms with van der Waals surface area (Å²) in [7, 11) is 1.63. The third-order valence-electron chi connectivity index (χ3n) is 2.77. The van der Waals surface area contributed by atoms with Crippen molar-refractivity contribution >= 4 is 17.7 Å². The Morgan fingerprint density at radius 3 is 3.12 bits per heavy atom. The number of aromatic nitrogens is 1. The van der Waals surface area contributed by atoms with Crippen molar-refractivity contribution in [1.82, 2.24) is 4.98 Å². The van der Waals surface area contributed by atoms with E-state index in [2.05, 4.69) is 4.98 Å². The summed E-state index contributed by atoms with van der Waals surface area (Å²) in [6, 6.07) is 1.78. The maximum absolute atomic E-state index is 11.2. The van der Waals surface area contributed by atoms with Gasteiger partial charge in [-0.3, -0.25) is 0 Å². The molecule has 1 aromatic heterocycles. The fourth-order valence-corrected chi connectivity index (χ4v) is 2.86. The predicted molar refractivity (Wildman–Crippen MR) is 65.8 cm³/mol. The number of ether oxygens (including phenoxy) is 1. The zero-order chi connectivity index (χ0) is 12.3. The normalized spacial score (nSPS) is 13.7. The molecular weight excluding hydrogens is 238 g/mol. The molecule has 0 aliphatic heterocycles. The van der Waals surface area contributed by atoms with Crippen molar-refractivity contribution in [3.63, 3.8) is 0 Å². The highest BCUT2D eigenvalue weighted by Crippen LogP contribution is 2.28. The van der Waals surface area contributed by atoms with Gasteiger partial charge in [0.15, 0.2) is 0 Å². The van der Waals surface area contributed by atoms with Crippen LogP contribution in [0.5, 0.6) is 0 Å². The smallest absolute Gasteiger partial charge is 0.338 e. The zero-order valence-corrected chi connectivity index (χ0v) is 10.5. The summed E-state index contributed by atoms with van der Waals surface area (Å²) in [4.78, 5) is 15.6. The summed E-state index contributed by atoms with van der Waals surface area (Å²) < 4.78 is 4.96. The van der Waals surface area contributed by atoms with E-state index in [9.17, 15) is 4.79 Å². The molecule has 1 heterocycles. The van der Waals surface area contributed by atoms with Gasteiger partial charge in [-0.15, -0.1) is 11.8 Å². The number of rotatable bonds is 5. The van der Waals surface area contributed by atoms with Gasteiger partial charge in [-0.1, -0.05) is 0 Å². The van der Waals surface area contributed by atoms with Crippen molar-refractivity contribution in [1.29, 1.82) is 0 Å². The number of carboxylic acid groups (broad SMARTS) is 1. The second kappa shape index (κ2) is 5.51. The molecule has 17 heavy (non-hydrogen) atoms. The van der Waals surface area contributed by atoms with Crippen LogP contribution in [0.2, 0.25) is 0 Å². The average molecular weight is 253 g/mol. The van der Waals surface area contributed by atoms with Gasteiger partial charge in [0, 0.05) is 18.6 Å². The van der Waals surface area contributed by atoms with E-state index in [1.54, 1.807) is 13.2 Å². The van der Waals surface area contributed by atoms with Crippen molar-refractivity contribution in [3.8, 4) is 0 Å². The number of hydrogen-bond donors (Lipinski definition) is 1. The number of aromatic carboxylic acids is 1. The molecule has 0 unspecified atom stereocenters. The van der Waals surface area contributed by atoms with Gasteiger partial charge < -0.3 is 9.84 Å². The highest BCUT2D eigenvalue weighted by atomic mass is 32.2. The number of thioether (sulfide) groups is 1. The second-order valence-corrected chi connectivity index (χ2v) is 5.03. The summed E-state index contributed by atoms with van der Waals surface area (Å²) >= 11 is 1.45. The molecule has 1 N–H and O–H groups in total. The maximum atomic E-state index is 11.2. The molecule has 1 aromatic rings. The molecule has 0 aromatic carbocycles. The summed E-state index contributed by atoms with van der Waals surface area (Å²) in [5, 5.41) is 9.79. The molecule has 4 nitrogen and oxygen atoms in total. The fraction of sp³-hybridized carbons (Fsp3) is 0.500. The molecular formula is C12H15NO3S. The average Bonchev–Trinajstić information content (AvgIpc) is 2.75. The van der Waals surface area contributed by atoms with Crippen LogP contribution in [0, 0.1) is 0 Å². The Kier molecular flexibility index (Phi) is 4.02. The molecule has 0 bridgehead atoms. The Balaban J connectivity index is 2.25. The number of aryl methyl sites for hydroxylation is 2. The summed E-state index contributed by atoms with van der Waals surface area (Å²) in [6.45, 7) is 0.600. The first-order valence-corrected chi connectivity index (χ1v) is 6.58. The van der Waals surface area contributed by atoms with Crippen LogP contribution in [0.25, 0.3) is 0 Å². The molecule has 1 aliphatic carbocycles. The SMILES string of the molecule is COCCSc1nc2c(cc1C(=O)O)CCC2. The number of carboxylic acids is 1. The lowest BCUT2D eigenvalue weighted by Crippen LogP contribution is -2.05. The number of nitrogens with zero attached hydrogens (tertiary/aromatic N) is 1. The molecule has 92 valence electrons. The standard InChI is InChI=1S/C12H15NO3S/c1-16-5-6-17-11-9(12(14)15)7-8-3-2-4-10(8)13-11/h7H,2-6H2,1H3,(H,14,15). The van der Waals surface area contributed by atoms with Gasteiger partial charge in [0.1, 0.15) is 5.03 Å². The lowest BCUT2D eigenvalue weighted by atomic mass is 10.1. The van der Waals surface area contributed by atoms with E-state index in [1.807, 2.05) is 0 Å². The Labute approximate surface area is 104 Å². The lowest BCUT2D eigenvalue weighted by Gasteiger charge is -2.08. The predicted octanol–water partition coefficient (Wildman–Crippen LogP) is 2.01. The molecule has 0 spiro atoms. The molecule has 0 amide bonds. The molecule has 0 atom stereocenters. The van der Waals surface area contributed by atoms with E-state index in [1.165, 1.54) is 11.8 Å². The highest BCUT2D eigenvalue weighted by Gasteiger charge is 2.19. The Morgan fingerprint density at radius 1 is 1.59 bits per heavy atom. The van der Waals surface area contributed by atoms with Gasteiger partial charge in [0.25, 0.3) is 0 Å². The first kappa shape index (κ1) is 12.4. The van der Waals surface area contributed by atoms with Gasteiger partial charge in [-0.25, -0.2) is 9.78 Å². The summed E-state index contributed by atoms with van der Waals surface area (Å²) in [5.41, 5.74) is 2.49. The van der Waals surface area contributed by atoms with Crippen molar-refractivity contribution < 1.29 is 14.6 Å². The van der Waals surface area contributed by atoms with E-state index in [4.69, 9.17) is 9.84 Å². The van der Waals surface area contributed by atoms with Crippen molar-refractivity contribution in [2.24, 2.45) is 0 Å². The quantitative estimate of drug-likeness (QED) is 0.642. The van der Waals surface area contributed by atoms with Crippen LogP contribution < -0.4 is 0 Å². The number of pyridine rings is 1. The second-order valence-electron chi connectivity index (χ2n) is 3.95. The molecule has 0 fully saturated rings. The molecule has 5 heteroatoms. The number of hydrogen-bond acceptors (Lipinski definition) is 4. The minimum Gasteiger partial charge on any atom is -0.478 e. The first-order valence-electron chi connectivity index (χ1n) is 5.60. The van der Waals surface area contributed by atoms with Crippen LogP contribution in [0.4, 0.5) is 0 Å². The third-order valence-corrected chi connectivity index (χ3v) is 3.73. The summed E-state index contributed by atoms with van der Waals surface area (Å²) in [5.74, 6) is -0.171. The van der Waals surface area contributed by atoms with Crippen molar-refractivity contribution in [2.45, 2.75) is 24.3 Å². The third kappa shape index (κ3) is 2.79. The molecule has 2 rings (SSSR count). The van der Waals surface area contributed by atoms with Gasteiger partial charge >= 0.3 is 5.97 Å². The highest BCUT2D eigenvalue weighted by molar-refractivity contribution is 7.99. The van der Waals surface area contributed by atoms with Crippen LogP contribution in [0.1, 0.15) is 28.0 Å². The molecule has 0 radical (unpaired) electrons. The topological polar surface area (TPSA) is 59.4 Å². The van der Waals surface area contributed by atoms with Gasteiger partial charge in [-0.2, -0.15) is 0 Å². The number of carbonyl (C=O) groups is 1. The molecule has 1 aliphatic rings. The van der Waals surface area contributed by atoms with E-state index >= 15 is 0 Å². The van der Waals surface area contributed by atoms with Crippen LogP contribution in [0.15, 0.2) is 11.1 Å². The zero-order valence-electron chi connectivity index (χ0n) is 9.73. The number of methoxy groups -OCH3 is 1. The van der Waals surface area contributed by atoms with Crippen molar-refractivity contribution in [3.05, 3.63) is 22.9 Å². The Bertz CT molecular complexity index is 434. The van der Waals surface area contributed by atoms with Crippen LogP contribution in [0.3, 0.4) is 0 Å². The van der Waals surface area contributed by atoms with Crippen LogP contribution in [-0.2, 0) is 17.6 Å². The Morgan fingerprint density at radius 2 is 2.41 bits per heavy atom. The van der Waals surface area contributed by atoms with Crippen molar-refractivity contribution in [2.75, 3.05) is 19.5 Å². The van der Waals surface area contributed by atoms with Gasteiger partial charge in [-0.05, 0) is 30.9 Å². The van der Waals surface area contributed by atoms with Gasteiger partial charge in [0.2, 0.25) is 0 Å². The van der Waals surface area contributed by atoms with E-state index in [0.29, 0.717) is 17.2 Å². The number of fused-ring (bicyclic) bond motifs is 1. The van der Waals surface area contributed by atoms with Gasteiger partial charge in [0.05, 0.1) is 12.2 Å². The van der Waals surface area contributed by atoms with Crippen LogP contribution >= 0.6 is 11.8 Å². The molecule has 0 saturated heterocycles. The monoisotopic (exact) mass is 253 g/mol. The first-order chi connectivity index (χ1) is 8.22.